The summed E-state index contributed by atoms with van der Waals surface area (Å²) in [5.74, 6) is 0.454. The van der Waals surface area contributed by atoms with Gasteiger partial charge in [-0.1, -0.05) is 29.3 Å². The van der Waals surface area contributed by atoms with Crippen LogP contribution in [0.5, 0.6) is 0 Å². The third-order valence-electron chi connectivity index (χ3n) is 2.25. The van der Waals surface area contributed by atoms with Crippen molar-refractivity contribution < 1.29 is 0 Å². The number of nitriles is 1. The van der Waals surface area contributed by atoms with Gasteiger partial charge in [0.05, 0.1) is 21.4 Å². The maximum atomic E-state index is 8.85. The smallest absolute Gasteiger partial charge is 0.165 e. The minimum atomic E-state index is 0.156. The second kappa shape index (κ2) is 5.13. The van der Waals surface area contributed by atoms with Gasteiger partial charge in [-0.05, 0) is 24.3 Å². The van der Waals surface area contributed by atoms with Gasteiger partial charge in [-0.2, -0.15) is 5.26 Å². The number of anilines is 3. The van der Waals surface area contributed by atoms with E-state index in [9.17, 15) is 0 Å². The first-order valence-corrected chi connectivity index (χ1v) is 5.75. The van der Waals surface area contributed by atoms with Crippen molar-refractivity contribution in [2.45, 2.75) is 0 Å². The number of nitrogen functional groups attached to an aromatic ring is 1. The summed E-state index contributed by atoms with van der Waals surface area (Å²) in [7, 11) is 0. The van der Waals surface area contributed by atoms with Crippen molar-refractivity contribution in [3.63, 3.8) is 0 Å². The van der Waals surface area contributed by atoms with Crippen molar-refractivity contribution in [3.8, 4) is 6.07 Å². The number of halogens is 2. The summed E-state index contributed by atoms with van der Waals surface area (Å²) in [6.45, 7) is 0. The lowest BCUT2D eigenvalue weighted by Gasteiger charge is -2.10. The minimum Gasteiger partial charge on any atom is -0.396 e. The number of hydrogen-bond donors (Lipinski definition) is 2. The zero-order valence-electron chi connectivity index (χ0n) is 9.11. The number of pyridine rings is 1. The van der Waals surface area contributed by atoms with Crippen LogP contribution in [0.1, 0.15) is 5.69 Å². The summed E-state index contributed by atoms with van der Waals surface area (Å²) in [6.07, 6.45) is 0. The van der Waals surface area contributed by atoms with Crippen LogP contribution in [0.3, 0.4) is 0 Å². The van der Waals surface area contributed by atoms with Gasteiger partial charge in [0.15, 0.2) is 5.69 Å². The lowest BCUT2D eigenvalue weighted by atomic mass is 10.3. The molecule has 0 radical (unpaired) electrons. The highest BCUT2D eigenvalue weighted by molar-refractivity contribution is 6.39. The summed E-state index contributed by atoms with van der Waals surface area (Å²) >= 11 is 12.0. The quantitative estimate of drug-likeness (QED) is 0.880. The molecule has 0 spiro atoms. The van der Waals surface area contributed by atoms with Crippen molar-refractivity contribution in [2.24, 2.45) is 0 Å². The fourth-order valence-corrected chi connectivity index (χ4v) is 1.87. The summed E-state index contributed by atoms with van der Waals surface area (Å²) in [5.41, 5.74) is 6.61. The fourth-order valence-electron chi connectivity index (χ4n) is 1.37. The third kappa shape index (κ3) is 2.48. The number of rotatable bonds is 2. The van der Waals surface area contributed by atoms with Gasteiger partial charge >= 0.3 is 0 Å². The lowest BCUT2D eigenvalue weighted by molar-refractivity contribution is 1.26. The van der Waals surface area contributed by atoms with E-state index in [-0.39, 0.29) is 5.69 Å². The molecule has 0 aliphatic heterocycles. The van der Waals surface area contributed by atoms with Gasteiger partial charge in [0, 0.05) is 0 Å². The molecular formula is C12H8Cl2N4. The predicted octanol–water partition coefficient (Wildman–Crippen LogP) is 3.59. The van der Waals surface area contributed by atoms with Crippen molar-refractivity contribution in [1.82, 2.24) is 4.98 Å². The first kappa shape index (κ1) is 12.5. The van der Waals surface area contributed by atoms with E-state index in [1.54, 1.807) is 30.3 Å². The van der Waals surface area contributed by atoms with E-state index in [1.165, 1.54) is 0 Å². The minimum absolute atomic E-state index is 0.156. The number of hydrogen-bond acceptors (Lipinski definition) is 4. The molecule has 4 nitrogen and oxygen atoms in total. The van der Waals surface area contributed by atoms with Gasteiger partial charge in [0.2, 0.25) is 0 Å². The summed E-state index contributed by atoms with van der Waals surface area (Å²) in [5, 5.41) is 12.8. The second-order valence-electron chi connectivity index (χ2n) is 3.47. The normalized spacial score (nSPS) is 9.83. The molecule has 0 atom stereocenters. The molecule has 0 aliphatic carbocycles. The van der Waals surface area contributed by atoms with Crippen LogP contribution in [0.2, 0.25) is 10.0 Å². The fraction of sp³-hybridized carbons (Fsp3) is 0. The number of nitrogens with two attached hydrogens (primary N) is 1. The van der Waals surface area contributed by atoms with Gasteiger partial charge in [0.25, 0.3) is 0 Å². The number of nitrogens with one attached hydrogen (secondary N) is 1. The summed E-state index contributed by atoms with van der Waals surface area (Å²) in [4.78, 5) is 4.05. The molecule has 0 saturated carbocycles. The Morgan fingerprint density at radius 1 is 1.17 bits per heavy atom. The highest BCUT2D eigenvalue weighted by Crippen LogP contribution is 2.32. The van der Waals surface area contributed by atoms with Crippen molar-refractivity contribution in [3.05, 3.63) is 46.1 Å². The molecule has 0 unspecified atom stereocenters. The van der Waals surface area contributed by atoms with E-state index < -0.39 is 0 Å². The average molecular weight is 279 g/mol. The van der Waals surface area contributed by atoms with Crippen molar-refractivity contribution in [1.29, 1.82) is 5.26 Å². The molecule has 0 bridgehead atoms. The predicted molar refractivity (Wildman–Crippen MR) is 73.1 cm³/mol. The molecule has 0 saturated heterocycles. The van der Waals surface area contributed by atoms with Crippen LogP contribution in [0.4, 0.5) is 17.2 Å². The zero-order valence-corrected chi connectivity index (χ0v) is 10.6. The topological polar surface area (TPSA) is 74.7 Å². The molecule has 2 aromatic rings. The molecule has 3 N–H and O–H groups in total. The maximum absolute atomic E-state index is 8.85. The van der Waals surface area contributed by atoms with Crippen LogP contribution in [-0.4, -0.2) is 4.98 Å². The van der Waals surface area contributed by atoms with Crippen LogP contribution < -0.4 is 11.1 Å². The Balaban J connectivity index is 2.38. The van der Waals surface area contributed by atoms with Gasteiger partial charge in [0.1, 0.15) is 11.9 Å². The molecule has 0 fully saturated rings. The number of aromatic nitrogens is 1. The lowest BCUT2D eigenvalue weighted by Crippen LogP contribution is -1.99. The van der Waals surface area contributed by atoms with E-state index in [0.717, 1.165) is 0 Å². The van der Waals surface area contributed by atoms with Crippen LogP contribution in [-0.2, 0) is 0 Å². The van der Waals surface area contributed by atoms with Crippen LogP contribution >= 0.6 is 23.2 Å². The molecule has 1 heterocycles. The molecule has 90 valence electrons. The van der Waals surface area contributed by atoms with Gasteiger partial charge < -0.3 is 11.1 Å². The van der Waals surface area contributed by atoms with E-state index >= 15 is 0 Å². The second-order valence-corrected chi connectivity index (χ2v) is 4.28. The molecular weight excluding hydrogens is 271 g/mol. The maximum Gasteiger partial charge on any atom is 0.165 e. The zero-order chi connectivity index (χ0) is 13.1. The number of nitrogens with zero attached hydrogens (tertiary/aromatic N) is 2. The first-order chi connectivity index (χ1) is 8.61. The molecule has 1 aromatic heterocycles. The monoisotopic (exact) mass is 278 g/mol. The van der Waals surface area contributed by atoms with E-state index in [1.807, 2.05) is 6.07 Å². The van der Waals surface area contributed by atoms with Gasteiger partial charge in [-0.25, -0.2) is 4.98 Å². The highest BCUT2D eigenvalue weighted by Gasteiger charge is 2.07. The van der Waals surface area contributed by atoms with E-state index in [4.69, 9.17) is 34.2 Å². The third-order valence-corrected chi connectivity index (χ3v) is 2.88. The SMILES string of the molecule is N#Cc1nc(Nc2c(Cl)cccc2Cl)ccc1N. The Kier molecular flexibility index (Phi) is 3.56. The van der Waals surface area contributed by atoms with Crippen molar-refractivity contribution >= 4 is 40.4 Å². The number of benzene rings is 1. The Hall–Kier alpha value is -1.96. The molecule has 6 heteroatoms. The summed E-state index contributed by atoms with van der Waals surface area (Å²) in [6, 6.07) is 10.3. The Morgan fingerprint density at radius 3 is 2.44 bits per heavy atom. The number of para-hydroxylation sites is 1. The Morgan fingerprint density at radius 2 is 1.83 bits per heavy atom. The largest absolute Gasteiger partial charge is 0.396 e. The van der Waals surface area contributed by atoms with Crippen LogP contribution in [0.25, 0.3) is 0 Å². The van der Waals surface area contributed by atoms with E-state index in [0.29, 0.717) is 27.2 Å². The average Bonchev–Trinajstić information content (AvgIpc) is 2.36. The molecule has 1 aromatic carbocycles. The van der Waals surface area contributed by atoms with Crippen LogP contribution in [0.15, 0.2) is 30.3 Å². The Bertz CT molecular complexity index is 614. The summed E-state index contributed by atoms with van der Waals surface area (Å²) < 4.78 is 0. The first-order valence-electron chi connectivity index (χ1n) is 4.99. The molecule has 18 heavy (non-hydrogen) atoms. The molecule has 0 amide bonds. The molecule has 0 aliphatic rings. The van der Waals surface area contributed by atoms with Gasteiger partial charge in [-0.15, -0.1) is 0 Å². The van der Waals surface area contributed by atoms with E-state index in [2.05, 4.69) is 10.3 Å². The molecule has 2 rings (SSSR count). The van der Waals surface area contributed by atoms with Crippen LogP contribution in [0, 0.1) is 11.3 Å². The Labute approximate surface area is 114 Å². The van der Waals surface area contributed by atoms with Gasteiger partial charge in [-0.3, -0.25) is 0 Å². The van der Waals surface area contributed by atoms with Crippen molar-refractivity contribution in [2.75, 3.05) is 11.1 Å². The highest BCUT2D eigenvalue weighted by atomic mass is 35.5. The standard InChI is InChI=1S/C12H8Cl2N4/c13-7-2-1-3-8(14)12(7)18-11-5-4-9(16)10(6-15)17-11/h1-5H,16H2,(H,17,18).